The Morgan fingerprint density at radius 3 is 1.28 bits per heavy atom. The van der Waals surface area contributed by atoms with Crippen LogP contribution in [0, 0.1) is 23.3 Å². The third-order valence-corrected chi connectivity index (χ3v) is 40.4. The number of halogens is 8. The molecule has 4 aromatic heterocycles. The molecule has 498 valence electrons. The molecule has 4 atom stereocenters. The Kier molecular flexibility index (Phi) is 31.0. The first-order valence-corrected chi connectivity index (χ1v) is 40.8. The molecule has 4 unspecified atom stereocenters. The molecule has 0 spiro atoms. The standard InChI is InChI=1S/C34H36ClF2N3O4S.C29H28ClF2N3O2S.CH4.2ClH.H8P6/c1-34(2,3)44-33(42)39(4)23-7-9-24(10-8-23)40(32(41)31-29(35)28-25(36)11-12-26(37)30(28)45-31)19-22-18-21(6-13-27(22)43-5)20-14-16-38-17-15-20;1-33-20-4-6-21(7-5-20)35(29(36)28-26(30)25-22(31)8-9-23(32)27(25)38-28)16-19-15-18(3-10-24(19)37-2)17-11-13-34-14-12-17;;;;1-5(2)6(3)4/h6,11-18,23-24H,7-10,19H2,1-5H3;3,8-15,20-21,33H,4-7,16H2,1-2H3;1H4;2*1H;1-4H2. The van der Waals surface area contributed by atoms with Crippen LogP contribution in [0.4, 0.5) is 22.4 Å². The van der Waals surface area contributed by atoms with E-state index in [0.717, 1.165) is 106 Å². The smallest absolute Gasteiger partial charge is 0.410 e. The van der Waals surface area contributed by atoms with E-state index < -0.39 is 40.9 Å². The van der Waals surface area contributed by atoms with Gasteiger partial charge in [0.15, 0.2) is 0 Å². The van der Waals surface area contributed by atoms with Crippen molar-refractivity contribution < 1.29 is 46.2 Å². The van der Waals surface area contributed by atoms with Gasteiger partial charge in [-0.2, -0.15) is 0 Å². The van der Waals surface area contributed by atoms with Crippen LogP contribution in [0.25, 0.3) is 42.4 Å². The zero-order chi connectivity index (χ0) is 64.4. The Morgan fingerprint density at radius 2 is 0.946 bits per heavy atom. The lowest BCUT2D eigenvalue weighted by atomic mass is 9.89. The van der Waals surface area contributed by atoms with Crippen molar-refractivity contribution in [2.75, 3.05) is 28.3 Å². The summed E-state index contributed by atoms with van der Waals surface area (Å²) in [5.74, 6) is -2.06. The largest absolute Gasteiger partial charge is 0.496 e. The average molecular weight is 1500 g/mol. The number of benzene rings is 4. The Morgan fingerprint density at radius 1 is 0.587 bits per heavy atom. The predicted molar refractivity (Wildman–Crippen MR) is 395 cm³/mol. The SMILES string of the molecule is C.CNC1CCC(N(Cc2cc(-c3ccncc3)ccc2OC)C(=O)c2sc3c(F)ccc(F)c3c2Cl)CC1.COc1ccc(-c2ccncc2)cc1CN(C(=O)c1sc2c(F)ccc(F)c2c1Cl)C1CCC(N(C)C(=O)OC(C)(C)C)CC1.Cl.Cl.PP(P)P(P)P. The lowest BCUT2D eigenvalue weighted by Crippen LogP contribution is -2.47. The highest BCUT2D eigenvalue weighted by Crippen LogP contribution is 2.86. The van der Waals surface area contributed by atoms with Crippen LogP contribution in [0.2, 0.25) is 10.0 Å². The molecule has 2 fully saturated rings. The average Bonchev–Trinajstić information content (AvgIpc) is 1.64. The van der Waals surface area contributed by atoms with Crippen LogP contribution in [-0.4, -0.2) is 101 Å². The van der Waals surface area contributed by atoms with Gasteiger partial charge in [0.25, 0.3) is 11.8 Å². The molecule has 1 N–H and O–H groups in total. The van der Waals surface area contributed by atoms with Crippen LogP contribution in [-0.2, 0) is 17.8 Å². The van der Waals surface area contributed by atoms with E-state index in [9.17, 15) is 31.9 Å². The van der Waals surface area contributed by atoms with Crippen LogP contribution in [0.1, 0.15) is 110 Å². The van der Waals surface area contributed by atoms with Crippen LogP contribution in [0.3, 0.4) is 0 Å². The molecule has 2 aliphatic carbocycles. The minimum Gasteiger partial charge on any atom is -0.496 e. The number of fused-ring (bicyclic) bond motifs is 2. The van der Waals surface area contributed by atoms with Gasteiger partial charge >= 0.3 is 6.09 Å². The number of aromatic nitrogens is 2. The number of amides is 3. The number of hydrogen-bond donors (Lipinski definition) is 1. The summed E-state index contributed by atoms with van der Waals surface area (Å²) >= 11 is 14.9. The first kappa shape index (κ1) is 79.0. The first-order valence-electron chi connectivity index (χ1n) is 28.5. The third-order valence-electron chi connectivity index (χ3n) is 15.7. The summed E-state index contributed by atoms with van der Waals surface area (Å²) in [7, 11) is 18.0. The second kappa shape index (κ2) is 36.1. The van der Waals surface area contributed by atoms with Crippen molar-refractivity contribution in [3.63, 3.8) is 0 Å². The molecule has 0 saturated heterocycles. The van der Waals surface area contributed by atoms with Crippen molar-refractivity contribution in [3.8, 4) is 33.8 Å². The van der Waals surface area contributed by atoms with E-state index in [2.05, 4.69) is 51.0 Å². The first-order chi connectivity index (χ1) is 42.4. The number of carbonyl (C=O) groups is 3. The lowest BCUT2D eigenvalue weighted by Gasteiger charge is -2.40. The van der Waals surface area contributed by atoms with E-state index in [1.807, 2.05) is 88.5 Å². The van der Waals surface area contributed by atoms with Gasteiger partial charge in [-0.1, -0.05) is 42.8 Å². The van der Waals surface area contributed by atoms with Crippen molar-refractivity contribution in [3.05, 3.63) is 164 Å². The fourth-order valence-corrected chi connectivity index (χ4v) is 14.0. The second-order valence-electron chi connectivity index (χ2n) is 22.5. The Hall–Kier alpha value is -3.67. The van der Waals surface area contributed by atoms with Gasteiger partial charge in [0.1, 0.15) is 50.1 Å². The second-order valence-corrected chi connectivity index (χ2v) is 45.0. The number of hydrogen-bond acceptors (Lipinski definition) is 11. The fraction of sp³-hybridized carbons (Fsp3) is 0.359. The maximum atomic E-state index is 14.8. The summed E-state index contributed by atoms with van der Waals surface area (Å²) in [6.07, 6.45) is 12.4. The molecule has 92 heavy (non-hydrogen) atoms. The molecule has 4 heterocycles. The number of thiophene rings is 2. The number of nitrogens with zero attached hydrogens (tertiary/aromatic N) is 5. The summed E-state index contributed by atoms with van der Waals surface area (Å²) in [6, 6.07) is 23.5. The minimum absolute atomic E-state index is 0. The number of pyridine rings is 2. The molecule has 2 saturated carbocycles. The molecule has 4 aromatic carbocycles. The fourth-order valence-electron chi connectivity index (χ4n) is 11.0. The van der Waals surface area contributed by atoms with E-state index >= 15 is 0 Å². The van der Waals surface area contributed by atoms with Crippen molar-refractivity contribution >= 4 is 158 Å². The van der Waals surface area contributed by atoms with Gasteiger partial charge in [0.2, 0.25) is 0 Å². The zero-order valence-corrected chi connectivity index (χ0v) is 62.2. The van der Waals surface area contributed by atoms with E-state index in [0.29, 0.717) is 43.2 Å². The number of ether oxygens (including phenoxy) is 3. The van der Waals surface area contributed by atoms with Crippen molar-refractivity contribution in [1.82, 2.24) is 30.0 Å². The van der Waals surface area contributed by atoms with Gasteiger partial charge in [0.05, 0.1) is 44.4 Å². The van der Waals surface area contributed by atoms with Crippen LogP contribution >= 0.6 is 120 Å². The minimum atomic E-state index is -0.685. The summed E-state index contributed by atoms with van der Waals surface area (Å²) in [4.78, 5) is 54.8. The molecule has 8 aromatic rings. The van der Waals surface area contributed by atoms with Gasteiger partial charge in [-0.05, 0) is 188 Å². The Bertz CT molecular complexity index is 3770. The Balaban J connectivity index is 0.000000301. The van der Waals surface area contributed by atoms with Crippen molar-refractivity contribution in [1.29, 1.82) is 0 Å². The Labute approximate surface area is 578 Å². The van der Waals surface area contributed by atoms with Gasteiger partial charge in [-0.25, -0.2) is 22.4 Å². The molecule has 0 aliphatic heterocycles. The lowest BCUT2D eigenvalue weighted by molar-refractivity contribution is 0.0144. The zero-order valence-electron chi connectivity index (χ0n) is 51.1. The molecular weight excluding hydrogens is 1420 g/mol. The number of methoxy groups -OCH3 is 2. The molecule has 2 aliphatic rings. The van der Waals surface area contributed by atoms with Crippen LogP contribution < -0.4 is 14.8 Å². The summed E-state index contributed by atoms with van der Waals surface area (Å²) < 4.78 is 75.6. The van der Waals surface area contributed by atoms with E-state index in [1.165, 1.54) is 0 Å². The molecule has 12 nitrogen and oxygen atoms in total. The van der Waals surface area contributed by atoms with Crippen molar-refractivity contribution in [2.24, 2.45) is 0 Å². The topological polar surface area (TPSA) is 126 Å². The summed E-state index contributed by atoms with van der Waals surface area (Å²) in [5.41, 5.74) is 4.83. The highest BCUT2D eigenvalue weighted by atomic mass is 35.5. The van der Waals surface area contributed by atoms with Gasteiger partial charge in [-0.15, -0.1) is 83.2 Å². The monoisotopic (exact) mass is 1490 g/mol. The maximum Gasteiger partial charge on any atom is 0.410 e. The summed E-state index contributed by atoms with van der Waals surface area (Å²) in [6.45, 7) is 6.25. The molecular formula is C64H78Cl4F4N6O6P6S2. The highest BCUT2D eigenvalue weighted by molar-refractivity contribution is 8.92. The maximum absolute atomic E-state index is 14.8. The van der Waals surface area contributed by atoms with E-state index in [4.69, 9.17) is 37.4 Å². The molecule has 10 rings (SSSR count). The molecule has 0 radical (unpaired) electrons. The number of rotatable bonds is 15. The van der Waals surface area contributed by atoms with Crippen LogP contribution in [0.15, 0.2) is 110 Å². The molecule has 0 bridgehead atoms. The third kappa shape index (κ3) is 19.5. The molecule has 28 heteroatoms. The van der Waals surface area contributed by atoms with Gasteiger partial charge in [-0.3, -0.25) is 19.6 Å². The summed E-state index contributed by atoms with van der Waals surface area (Å²) in [5, 5.41) is 3.05. The molecule has 3 amide bonds. The van der Waals surface area contributed by atoms with E-state index in [1.54, 1.807) is 60.8 Å². The van der Waals surface area contributed by atoms with Crippen molar-refractivity contribution in [2.45, 2.75) is 122 Å². The van der Waals surface area contributed by atoms with Gasteiger partial charge < -0.3 is 34.2 Å². The normalized spacial score (nSPS) is 16.2. The highest BCUT2D eigenvalue weighted by Gasteiger charge is 2.37. The van der Waals surface area contributed by atoms with Gasteiger partial charge in [0, 0.05) is 80.2 Å². The number of nitrogens with one attached hydrogen (secondary N) is 1. The van der Waals surface area contributed by atoms with E-state index in [-0.39, 0.29) is 123 Å². The predicted octanol–water partition coefficient (Wildman–Crippen LogP) is 20.3. The van der Waals surface area contributed by atoms with Crippen LogP contribution in [0.5, 0.6) is 11.5 Å². The quantitative estimate of drug-likeness (QED) is 0.0788. The number of carbonyl (C=O) groups excluding carboxylic acids is 3.